The van der Waals surface area contributed by atoms with Crippen molar-refractivity contribution < 1.29 is 14.6 Å². The fourth-order valence-electron chi connectivity index (χ4n) is 2.58. The highest BCUT2D eigenvalue weighted by Gasteiger charge is 2.28. The van der Waals surface area contributed by atoms with Crippen LogP contribution in [-0.4, -0.2) is 41.8 Å². The van der Waals surface area contributed by atoms with Crippen LogP contribution in [0.4, 0.5) is 5.13 Å². The molecular weight excluding hydrogens is 314 g/mol. The minimum atomic E-state index is -0.460. The Kier molecular flexibility index (Phi) is 4.61. The van der Waals surface area contributed by atoms with Crippen molar-refractivity contribution in [3.63, 3.8) is 0 Å². The molecule has 1 aliphatic heterocycles. The predicted molar refractivity (Wildman–Crippen MR) is 89.9 cm³/mol. The molecule has 1 saturated heterocycles. The summed E-state index contributed by atoms with van der Waals surface area (Å²) in [6.45, 7) is 2.43. The summed E-state index contributed by atoms with van der Waals surface area (Å²) in [4.78, 5) is 17.7. The van der Waals surface area contributed by atoms with E-state index >= 15 is 0 Å². The lowest BCUT2D eigenvalue weighted by Gasteiger charge is -2.08. The summed E-state index contributed by atoms with van der Waals surface area (Å²) in [5.74, 6) is 0.637. The van der Waals surface area contributed by atoms with E-state index < -0.39 is 6.10 Å². The van der Waals surface area contributed by atoms with Crippen LogP contribution in [0.25, 0.3) is 11.3 Å². The molecule has 0 saturated carbocycles. The van der Waals surface area contributed by atoms with Gasteiger partial charge in [0.25, 0.3) is 0 Å². The molecule has 2 heterocycles. The molecule has 3 N–H and O–H groups in total. The first-order valence-corrected chi connectivity index (χ1v) is 8.22. The number of methoxy groups -OCH3 is 1. The van der Waals surface area contributed by atoms with Crippen molar-refractivity contribution in [3.05, 3.63) is 29.1 Å². The van der Waals surface area contributed by atoms with Gasteiger partial charge in [-0.2, -0.15) is 0 Å². The lowest BCUT2D eigenvalue weighted by molar-refractivity contribution is -0.117. The molecule has 0 radical (unpaired) electrons. The molecule has 1 aromatic carbocycles. The molecule has 0 aliphatic carbocycles. The molecule has 0 spiro atoms. The number of aliphatic hydroxyl groups excluding tert-OH is 1. The summed E-state index contributed by atoms with van der Waals surface area (Å²) in [5, 5.41) is 15.9. The summed E-state index contributed by atoms with van der Waals surface area (Å²) in [5.41, 5.74) is 1.84. The van der Waals surface area contributed by atoms with Crippen molar-refractivity contribution in [2.75, 3.05) is 19.0 Å². The molecule has 122 valence electrons. The monoisotopic (exact) mass is 333 g/mol. The van der Waals surface area contributed by atoms with Crippen LogP contribution in [0.3, 0.4) is 0 Å². The molecule has 1 aliphatic rings. The minimum absolute atomic E-state index is 0.156. The first kappa shape index (κ1) is 15.9. The van der Waals surface area contributed by atoms with Crippen molar-refractivity contribution in [1.82, 2.24) is 10.3 Å². The molecule has 6 nitrogen and oxygen atoms in total. The van der Waals surface area contributed by atoms with E-state index in [9.17, 15) is 9.90 Å². The first-order chi connectivity index (χ1) is 11.1. The van der Waals surface area contributed by atoms with Gasteiger partial charge in [0.1, 0.15) is 5.75 Å². The molecule has 0 unspecified atom stereocenters. The number of nitrogens with zero attached hydrogens (tertiary/aromatic N) is 1. The second-order valence-corrected chi connectivity index (χ2v) is 6.70. The third-order valence-corrected chi connectivity index (χ3v) is 4.70. The minimum Gasteiger partial charge on any atom is -0.497 e. The van der Waals surface area contributed by atoms with Gasteiger partial charge in [0.2, 0.25) is 5.91 Å². The number of aromatic nitrogens is 1. The van der Waals surface area contributed by atoms with Gasteiger partial charge in [-0.15, -0.1) is 11.3 Å². The van der Waals surface area contributed by atoms with Gasteiger partial charge in [0.15, 0.2) is 5.13 Å². The van der Waals surface area contributed by atoms with Gasteiger partial charge >= 0.3 is 0 Å². The van der Waals surface area contributed by atoms with Gasteiger partial charge in [0, 0.05) is 17.0 Å². The number of rotatable bonds is 4. The normalized spacial score (nSPS) is 20.5. The Hall–Kier alpha value is -1.96. The fourth-order valence-corrected chi connectivity index (χ4v) is 3.41. The van der Waals surface area contributed by atoms with Crippen LogP contribution >= 0.6 is 11.3 Å². The lowest BCUT2D eigenvalue weighted by Crippen LogP contribution is -2.35. The van der Waals surface area contributed by atoms with Gasteiger partial charge in [-0.05, 0) is 37.6 Å². The number of carbonyl (C=O) groups is 1. The van der Waals surface area contributed by atoms with E-state index in [1.54, 1.807) is 7.11 Å². The first-order valence-electron chi connectivity index (χ1n) is 7.41. The van der Waals surface area contributed by atoms with Gasteiger partial charge in [-0.3, -0.25) is 4.79 Å². The van der Waals surface area contributed by atoms with Crippen molar-refractivity contribution in [2.45, 2.75) is 25.5 Å². The summed E-state index contributed by atoms with van der Waals surface area (Å²) in [7, 11) is 1.63. The summed E-state index contributed by atoms with van der Waals surface area (Å²) in [6, 6.07) is 7.30. The Balaban J connectivity index is 1.73. The third kappa shape index (κ3) is 3.52. The van der Waals surface area contributed by atoms with E-state index in [2.05, 4.69) is 15.6 Å². The maximum absolute atomic E-state index is 12.2. The van der Waals surface area contributed by atoms with Crippen LogP contribution in [0.1, 0.15) is 11.3 Å². The van der Waals surface area contributed by atoms with Crippen LogP contribution in [-0.2, 0) is 4.79 Å². The lowest BCUT2D eigenvalue weighted by atomic mass is 10.1. The zero-order valence-electron chi connectivity index (χ0n) is 13.0. The number of anilines is 1. The molecule has 2 atom stereocenters. The molecule has 3 rings (SSSR count). The number of ether oxygens (including phenoxy) is 1. The molecule has 1 amide bonds. The number of carbonyl (C=O) groups excluding carboxylic acids is 1. The van der Waals surface area contributed by atoms with Gasteiger partial charge in [0.05, 0.1) is 24.9 Å². The predicted octanol–water partition coefficient (Wildman–Crippen LogP) is 1.79. The number of thiazole rings is 1. The molecule has 2 aromatic rings. The van der Waals surface area contributed by atoms with Crippen molar-refractivity contribution in [1.29, 1.82) is 0 Å². The third-order valence-electron chi connectivity index (χ3n) is 3.81. The number of aliphatic hydroxyl groups is 1. The maximum atomic E-state index is 12.2. The molecule has 0 bridgehead atoms. The molecular formula is C16H19N3O3S. The summed E-state index contributed by atoms with van der Waals surface area (Å²) >= 11 is 1.44. The van der Waals surface area contributed by atoms with Crippen LogP contribution in [0.2, 0.25) is 0 Å². The van der Waals surface area contributed by atoms with E-state index in [1.165, 1.54) is 11.3 Å². The van der Waals surface area contributed by atoms with E-state index in [-0.39, 0.29) is 11.9 Å². The Morgan fingerprint density at radius 1 is 1.43 bits per heavy atom. The maximum Gasteiger partial charge on any atom is 0.243 e. The Morgan fingerprint density at radius 3 is 2.78 bits per heavy atom. The molecule has 23 heavy (non-hydrogen) atoms. The Morgan fingerprint density at radius 2 is 2.17 bits per heavy atom. The standard InChI is InChI=1S/C16H19N3O3S/c1-9-14(10-3-5-12(22-2)6-4-10)18-16(23-9)19-15(21)13-7-11(20)8-17-13/h3-6,11,13,17,20H,7-8H2,1-2H3,(H,18,19,21)/t11-,13+/m1/s1. The number of amides is 1. The van der Waals surface area contributed by atoms with Gasteiger partial charge in [-0.1, -0.05) is 0 Å². The fraction of sp³-hybridized carbons (Fsp3) is 0.375. The van der Waals surface area contributed by atoms with E-state index in [4.69, 9.17) is 4.74 Å². The zero-order chi connectivity index (χ0) is 16.4. The van der Waals surface area contributed by atoms with E-state index in [0.29, 0.717) is 18.1 Å². The number of aryl methyl sites for hydroxylation is 1. The van der Waals surface area contributed by atoms with Crippen LogP contribution in [0, 0.1) is 6.92 Å². The van der Waals surface area contributed by atoms with Crippen molar-refractivity contribution >= 4 is 22.4 Å². The smallest absolute Gasteiger partial charge is 0.243 e. The largest absolute Gasteiger partial charge is 0.497 e. The van der Waals surface area contributed by atoms with Gasteiger partial charge in [-0.25, -0.2) is 4.98 Å². The number of hydrogen-bond acceptors (Lipinski definition) is 6. The number of nitrogens with one attached hydrogen (secondary N) is 2. The number of hydrogen-bond donors (Lipinski definition) is 3. The van der Waals surface area contributed by atoms with Crippen molar-refractivity contribution in [2.24, 2.45) is 0 Å². The highest BCUT2D eigenvalue weighted by Crippen LogP contribution is 2.31. The number of β-amino-alcohol motifs (C(OH)–C–C–N with tert-alkyl or cyclic N) is 1. The number of benzene rings is 1. The van der Waals surface area contributed by atoms with Crippen molar-refractivity contribution in [3.8, 4) is 17.0 Å². The average Bonchev–Trinajstić information content (AvgIpc) is 3.13. The second-order valence-electron chi connectivity index (χ2n) is 5.49. The second kappa shape index (κ2) is 6.66. The van der Waals surface area contributed by atoms with Crippen LogP contribution in [0.15, 0.2) is 24.3 Å². The Labute approximate surface area is 138 Å². The summed E-state index contributed by atoms with van der Waals surface area (Å²) in [6.07, 6.45) is -0.0275. The molecule has 7 heteroatoms. The van der Waals surface area contributed by atoms with Gasteiger partial charge < -0.3 is 20.5 Å². The highest BCUT2D eigenvalue weighted by atomic mass is 32.1. The Bertz CT molecular complexity index is 699. The quantitative estimate of drug-likeness (QED) is 0.794. The highest BCUT2D eigenvalue weighted by molar-refractivity contribution is 7.16. The molecule has 1 fully saturated rings. The zero-order valence-corrected chi connectivity index (χ0v) is 13.8. The SMILES string of the molecule is COc1ccc(-c2nc(NC(=O)[C@@H]3C[C@@H](O)CN3)sc2C)cc1. The van der Waals surface area contributed by atoms with Crippen LogP contribution < -0.4 is 15.4 Å². The average molecular weight is 333 g/mol. The van der Waals surface area contributed by atoms with E-state index in [0.717, 1.165) is 21.9 Å². The van der Waals surface area contributed by atoms with E-state index in [1.807, 2.05) is 31.2 Å². The topological polar surface area (TPSA) is 83.5 Å². The van der Waals surface area contributed by atoms with Crippen LogP contribution in [0.5, 0.6) is 5.75 Å². The summed E-state index contributed by atoms with van der Waals surface area (Å²) < 4.78 is 5.16. The molecule has 1 aromatic heterocycles.